The Balaban J connectivity index is 2.31. The summed E-state index contributed by atoms with van der Waals surface area (Å²) in [5.41, 5.74) is 6.61. The van der Waals surface area contributed by atoms with Crippen LogP contribution in [0.15, 0.2) is 52.3 Å². The lowest BCUT2D eigenvalue weighted by Crippen LogP contribution is -2.04. The molecule has 0 bridgehead atoms. The number of halogens is 2. The van der Waals surface area contributed by atoms with Crippen LogP contribution in [0.5, 0.6) is 0 Å². The van der Waals surface area contributed by atoms with Crippen LogP contribution in [0.25, 0.3) is 0 Å². The van der Waals surface area contributed by atoms with E-state index < -0.39 is 0 Å². The van der Waals surface area contributed by atoms with Crippen molar-refractivity contribution in [3.05, 3.63) is 58.9 Å². The molecule has 0 amide bonds. The highest BCUT2D eigenvalue weighted by molar-refractivity contribution is 7.99. The zero-order valence-electron chi connectivity index (χ0n) is 9.70. The van der Waals surface area contributed by atoms with E-state index >= 15 is 0 Å². The summed E-state index contributed by atoms with van der Waals surface area (Å²) in [6.45, 7) is 0.542. The Morgan fingerprint density at radius 2 is 1.94 bits per heavy atom. The molecule has 0 spiro atoms. The maximum absolute atomic E-state index is 13.1. The van der Waals surface area contributed by atoms with Gasteiger partial charge in [-0.1, -0.05) is 35.5 Å². The van der Waals surface area contributed by atoms with Crippen molar-refractivity contribution >= 4 is 23.4 Å². The molecule has 0 heterocycles. The molecule has 0 aliphatic carbocycles. The first-order chi connectivity index (χ1) is 8.70. The maximum Gasteiger partial charge on any atom is 0.124 e. The highest BCUT2D eigenvalue weighted by atomic mass is 35.5. The fourth-order valence-electron chi connectivity index (χ4n) is 1.68. The van der Waals surface area contributed by atoms with E-state index in [-0.39, 0.29) is 5.82 Å². The molecule has 0 fully saturated rings. The van der Waals surface area contributed by atoms with Crippen LogP contribution in [0, 0.1) is 5.82 Å². The van der Waals surface area contributed by atoms with E-state index in [2.05, 4.69) is 0 Å². The summed E-state index contributed by atoms with van der Waals surface area (Å²) in [5.74, 6) is -0.234. The minimum Gasteiger partial charge on any atom is -0.330 e. The molecule has 94 valence electrons. The summed E-state index contributed by atoms with van der Waals surface area (Å²) >= 11 is 7.67. The number of rotatable bonds is 4. The predicted octanol–water partition coefficient (Wildman–Crippen LogP) is 4.13. The quantitative estimate of drug-likeness (QED) is 0.912. The third-order valence-corrected chi connectivity index (χ3v) is 3.94. The van der Waals surface area contributed by atoms with Gasteiger partial charge in [0, 0.05) is 14.8 Å². The largest absolute Gasteiger partial charge is 0.330 e. The van der Waals surface area contributed by atoms with E-state index in [1.807, 2.05) is 24.3 Å². The molecular formula is C14H13ClFNS. The first-order valence-electron chi connectivity index (χ1n) is 5.61. The number of nitrogens with two attached hydrogens (primary N) is 1. The van der Waals surface area contributed by atoms with Crippen LogP contribution in [-0.4, -0.2) is 6.54 Å². The summed E-state index contributed by atoms with van der Waals surface area (Å²) in [4.78, 5) is 1.88. The number of benzene rings is 2. The summed E-state index contributed by atoms with van der Waals surface area (Å²) < 4.78 is 13.1. The van der Waals surface area contributed by atoms with Crippen molar-refractivity contribution < 1.29 is 4.39 Å². The van der Waals surface area contributed by atoms with Crippen molar-refractivity contribution in [2.24, 2.45) is 5.73 Å². The van der Waals surface area contributed by atoms with Gasteiger partial charge in [-0.15, -0.1) is 0 Å². The van der Waals surface area contributed by atoms with Gasteiger partial charge in [-0.05, 0) is 48.9 Å². The Labute approximate surface area is 115 Å². The lowest BCUT2D eigenvalue weighted by atomic mass is 10.1. The Kier molecular flexibility index (Phi) is 4.64. The Morgan fingerprint density at radius 3 is 2.67 bits per heavy atom. The number of hydrogen-bond donors (Lipinski definition) is 1. The monoisotopic (exact) mass is 281 g/mol. The van der Waals surface area contributed by atoms with Crippen molar-refractivity contribution in [2.75, 3.05) is 6.54 Å². The molecule has 1 nitrogen and oxygen atoms in total. The van der Waals surface area contributed by atoms with Crippen molar-refractivity contribution in [3.63, 3.8) is 0 Å². The zero-order valence-corrected chi connectivity index (χ0v) is 11.3. The molecule has 0 radical (unpaired) electrons. The van der Waals surface area contributed by atoms with Crippen molar-refractivity contribution in [1.29, 1.82) is 0 Å². The molecule has 2 N–H and O–H groups in total. The average molecular weight is 282 g/mol. The molecule has 0 saturated heterocycles. The normalized spacial score (nSPS) is 10.6. The first-order valence-corrected chi connectivity index (χ1v) is 6.81. The van der Waals surface area contributed by atoms with E-state index in [0.717, 1.165) is 21.8 Å². The van der Waals surface area contributed by atoms with Crippen molar-refractivity contribution in [3.8, 4) is 0 Å². The van der Waals surface area contributed by atoms with E-state index in [0.29, 0.717) is 11.6 Å². The van der Waals surface area contributed by atoms with Gasteiger partial charge in [0.25, 0.3) is 0 Å². The van der Waals surface area contributed by atoms with Crippen LogP contribution in [0.1, 0.15) is 5.56 Å². The van der Waals surface area contributed by atoms with Gasteiger partial charge in [0.1, 0.15) is 5.82 Å². The van der Waals surface area contributed by atoms with Crippen molar-refractivity contribution in [1.82, 2.24) is 0 Å². The van der Waals surface area contributed by atoms with Gasteiger partial charge >= 0.3 is 0 Å². The molecule has 0 atom stereocenters. The van der Waals surface area contributed by atoms with E-state index in [4.69, 9.17) is 17.3 Å². The Bertz CT molecular complexity index is 545. The maximum atomic E-state index is 13.1. The smallest absolute Gasteiger partial charge is 0.124 e. The van der Waals surface area contributed by atoms with E-state index in [1.54, 1.807) is 6.07 Å². The third kappa shape index (κ3) is 3.25. The van der Waals surface area contributed by atoms with Crippen LogP contribution >= 0.6 is 23.4 Å². The Morgan fingerprint density at radius 1 is 1.17 bits per heavy atom. The van der Waals surface area contributed by atoms with Crippen LogP contribution in [0.3, 0.4) is 0 Å². The lowest BCUT2D eigenvalue weighted by molar-refractivity contribution is 0.624. The van der Waals surface area contributed by atoms with Crippen LogP contribution in [-0.2, 0) is 6.42 Å². The molecule has 0 aromatic heterocycles. The highest BCUT2D eigenvalue weighted by Gasteiger charge is 2.08. The average Bonchev–Trinajstić information content (AvgIpc) is 2.34. The van der Waals surface area contributed by atoms with Gasteiger partial charge in [-0.2, -0.15) is 0 Å². The lowest BCUT2D eigenvalue weighted by Gasteiger charge is -2.10. The minimum absolute atomic E-state index is 0.234. The molecule has 0 aliphatic rings. The molecular weight excluding hydrogens is 269 g/mol. The summed E-state index contributed by atoms with van der Waals surface area (Å²) in [6, 6.07) is 12.2. The zero-order chi connectivity index (χ0) is 13.0. The van der Waals surface area contributed by atoms with Gasteiger partial charge in [-0.3, -0.25) is 0 Å². The molecule has 4 heteroatoms. The topological polar surface area (TPSA) is 26.0 Å². The van der Waals surface area contributed by atoms with Gasteiger partial charge in [0.2, 0.25) is 0 Å². The molecule has 2 aromatic carbocycles. The molecule has 0 unspecified atom stereocenters. The van der Waals surface area contributed by atoms with E-state index in [1.165, 1.54) is 23.9 Å². The molecule has 2 rings (SSSR count). The molecule has 2 aromatic rings. The first kappa shape index (κ1) is 13.4. The summed E-state index contributed by atoms with van der Waals surface area (Å²) in [5, 5.41) is 0.710. The second kappa shape index (κ2) is 6.23. The fourth-order valence-corrected chi connectivity index (χ4v) is 3.06. The van der Waals surface area contributed by atoms with Crippen LogP contribution in [0.4, 0.5) is 4.39 Å². The second-order valence-corrected chi connectivity index (χ2v) is 5.34. The van der Waals surface area contributed by atoms with Crippen LogP contribution in [0.2, 0.25) is 5.02 Å². The number of hydrogen-bond acceptors (Lipinski definition) is 2. The SMILES string of the molecule is NCCc1c(Cl)cccc1Sc1cccc(F)c1. The van der Waals surface area contributed by atoms with E-state index in [9.17, 15) is 4.39 Å². The standard InChI is InChI=1S/C14H13ClFNS/c15-13-5-2-6-14(12(13)7-8-17)18-11-4-1-3-10(16)9-11/h1-6,9H,7-8,17H2. The fraction of sp³-hybridized carbons (Fsp3) is 0.143. The molecule has 18 heavy (non-hydrogen) atoms. The second-order valence-electron chi connectivity index (χ2n) is 3.81. The third-order valence-electron chi connectivity index (χ3n) is 2.49. The van der Waals surface area contributed by atoms with Gasteiger partial charge in [0.15, 0.2) is 0 Å². The minimum atomic E-state index is -0.234. The van der Waals surface area contributed by atoms with Crippen LogP contribution < -0.4 is 5.73 Å². The van der Waals surface area contributed by atoms with Gasteiger partial charge in [0.05, 0.1) is 0 Å². The van der Waals surface area contributed by atoms with Gasteiger partial charge in [-0.25, -0.2) is 4.39 Å². The molecule has 0 saturated carbocycles. The Hall–Kier alpha value is -1.03. The predicted molar refractivity (Wildman–Crippen MR) is 74.7 cm³/mol. The summed E-state index contributed by atoms with van der Waals surface area (Å²) in [7, 11) is 0. The van der Waals surface area contributed by atoms with Gasteiger partial charge < -0.3 is 5.73 Å². The van der Waals surface area contributed by atoms with Crippen molar-refractivity contribution in [2.45, 2.75) is 16.2 Å². The summed E-state index contributed by atoms with van der Waals surface area (Å²) in [6.07, 6.45) is 0.720. The highest BCUT2D eigenvalue weighted by Crippen LogP contribution is 2.34. The molecule has 0 aliphatic heterocycles.